The second-order valence-electron chi connectivity index (χ2n) is 5.58. The molecule has 0 radical (unpaired) electrons. The van der Waals surface area contributed by atoms with Gasteiger partial charge < -0.3 is 4.74 Å². The van der Waals surface area contributed by atoms with Crippen LogP contribution in [0.15, 0.2) is 53.4 Å². The number of epoxide rings is 1. The number of nitro benzene ring substituents is 1. The quantitative estimate of drug-likeness (QED) is 0.454. The first-order valence-electron chi connectivity index (χ1n) is 7.33. The molecular formula is C16H16N2O5S. The van der Waals surface area contributed by atoms with Crippen molar-refractivity contribution in [2.75, 3.05) is 17.5 Å². The second kappa shape index (κ2) is 6.21. The number of benzene rings is 2. The van der Waals surface area contributed by atoms with Gasteiger partial charge in [-0.05, 0) is 25.1 Å². The normalized spacial score (nSPS) is 16.6. The van der Waals surface area contributed by atoms with Crippen LogP contribution in [0.4, 0.5) is 11.4 Å². The molecule has 1 atom stereocenters. The Morgan fingerprint density at radius 3 is 2.50 bits per heavy atom. The summed E-state index contributed by atoms with van der Waals surface area (Å²) < 4.78 is 32.3. The van der Waals surface area contributed by atoms with Crippen LogP contribution in [0, 0.1) is 17.0 Å². The molecule has 1 aliphatic rings. The van der Waals surface area contributed by atoms with Gasteiger partial charge in [-0.3, -0.25) is 14.4 Å². The van der Waals surface area contributed by atoms with Gasteiger partial charge in [-0.15, -0.1) is 0 Å². The minimum absolute atomic E-state index is 0.122. The molecule has 8 heteroatoms. The van der Waals surface area contributed by atoms with E-state index in [9.17, 15) is 18.5 Å². The number of hydrogen-bond acceptors (Lipinski definition) is 5. The lowest BCUT2D eigenvalue weighted by atomic mass is 10.2. The topological polar surface area (TPSA) is 93.1 Å². The molecule has 7 nitrogen and oxygen atoms in total. The van der Waals surface area contributed by atoms with Crippen LogP contribution in [-0.4, -0.2) is 32.6 Å². The molecule has 0 aromatic heterocycles. The number of ether oxygens (including phenoxy) is 1. The molecule has 0 unspecified atom stereocenters. The largest absolute Gasteiger partial charge is 0.371 e. The first-order valence-corrected chi connectivity index (χ1v) is 8.77. The molecule has 1 saturated heterocycles. The van der Waals surface area contributed by atoms with E-state index in [2.05, 4.69) is 0 Å². The number of rotatable bonds is 6. The second-order valence-corrected chi connectivity index (χ2v) is 7.44. The summed E-state index contributed by atoms with van der Waals surface area (Å²) in [5, 5.41) is 11.0. The van der Waals surface area contributed by atoms with Crippen LogP contribution in [0.5, 0.6) is 0 Å². The zero-order chi connectivity index (χ0) is 17.3. The predicted molar refractivity (Wildman–Crippen MR) is 88.5 cm³/mol. The standard InChI is InChI=1S/C16H16N2O5S/c1-12-5-7-16(8-6-12)24(21,22)17(10-15-11-23-15)13-3-2-4-14(9-13)18(19)20/h2-9,15H,10-11H2,1H3/t15-/m0/s1. The fraction of sp³-hybridized carbons (Fsp3) is 0.250. The SMILES string of the molecule is Cc1ccc(S(=O)(=O)N(C[C@H]2CO2)c2cccc([N+](=O)[O-])c2)cc1. The summed E-state index contributed by atoms with van der Waals surface area (Å²) in [5.74, 6) is 0. The summed E-state index contributed by atoms with van der Waals surface area (Å²) in [6.07, 6.45) is -0.190. The number of nitro groups is 1. The van der Waals surface area contributed by atoms with Gasteiger partial charge in [0.25, 0.3) is 15.7 Å². The monoisotopic (exact) mass is 348 g/mol. The number of aryl methyl sites for hydroxylation is 1. The molecule has 2 aromatic rings. The molecule has 2 aromatic carbocycles. The summed E-state index contributed by atoms with van der Waals surface area (Å²) in [7, 11) is -3.84. The van der Waals surface area contributed by atoms with E-state index in [0.29, 0.717) is 6.61 Å². The van der Waals surface area contributed by atoms with Crippen molar-refractivity contribution in [1.82, 2.24) is 0 Å². The van der Waals surface area contributed by atoms with Crippen molar-refractivity contribution in [1.29, 1.82) is 0 Å². The van der Waals surface area contributed by atoms with E-state index in [0.717, 1.165) is 5.56 Å². The summed E-state index contributed by atoms with van der Waals surface area (Å²) in [6, 6.07) is 12.1. The van der Waals surface area contributed by atoms with Crippen molar-refractivity contribution >= 4 is 21.4 Å². The van der Waals surface area contributed by atoms with E-state index in [4.69, 9.17) is 4.74 Å². The van der Waals surface area contributed by atoms with Crippen LogP contribution in [0.3, 0.4) is 0 Å². The van der Waals surface area contributed by atoms with Crippen molar-refractivity contribution in [2.24, 2.45) is 0 Å². The number of non-ortho nitro benzene ring substituents is 1. The Balaban J connectivity index is 2.04. The molecule has 126 valence electrons. The Labute approximate surface area is 139 Å². The first kappa shape index (κ1) is 16.4. The number of sulfonamides is 1. The number of nitrogens with zero attached hydrogens (tertiary/aromatic N) is 2. The molecule has 1 aliphatic heterocycles. The van der Waals surface area contributed by atoms with E-state index in [1.165, 1.54) is 34.6 Å². The molecule has 3 rings (SSSR count). The molecular weight excluding hydrogens is 332 g/mol. The number of anilines is 1. The lowest BCUT2D eigenvalue weighted by molar-refractivity contribution is -0.384. The highest BCUT2D eigenvalue weighted by Gasteiger charge is 2.33. The van der Waals surface area contributed by atoms with Crippen molar-refractivity contribution in [3.8, 4) is 0 Å². The summed E-state index contributed by atoms with van der Waals surface area (Å²) in [5.41, 5.74) is 1.04. The van der Waals surface area contributed by atoms with Gasteiger partial charge in [0.05, 0.1) is 34.8 Å². The third kappa shape index (κ3) is 3.39. The molecule has 0 saturated carbocycles. The maximum Gasteiger partial charge on any atom is 0.271 e. The van der Waals surface area contributed by atoms with Crippen LogP contribution in [0.2, 0.25) is 0 Å². The van der Waals surface area contributed by atoms with Gasteiger partial charge in [0, 0.05) is 12.1 Å². The van der Waals surface area contributed by atoms with Gasteiger partial charge in [-0.1, -0.05) is 23.8 Å². The molecule has 0 N–H and O–H groups in total. The molecule has 0 amide bonds. The predicted octanol–water partition coefficient (Wildman–Crippen LogP) is 2.50. The molecule has 0 spiro atoms. The highest BCUT2D eigenvalue weighted by atomic mass is 32.2. The van der Waals surface area contributed by atoms with E-state index in [1.54, 1.807) is 18.2 Å². The average Bonchev–Trinajstić information content (AvgIpc) is 3.37. The van der Waals surface area contributed by atoms with Crippen LogP contribution in [0.25, 0.3) is 0 Å². The summed E-state index contributed by atoms with van der Waals surface area (Å²) >= 11 is 0. The Morgan fingerprint density at radius 2 is 1.92 bits per heavy atom. The lowest BCUT2D eigenvalue weighted by Crippen LogP contribution is -2.34. The molecule has 24 heavy (non-hydrogen) atoms. The maximum atomic E-state index is 13.0. The van der Waals surface area contributed by atoms with E-state index in [1.807, 2.05) is 6.92 Å². The van der Waals surface area contributed by atoms with Gasteiger partial charge >= 0.3 is 0 Å². The third-order valence-corrected chi connectivity index (χ3v) is 5.52. The Bertz CT molecular complexity index is 860. The summed E-state index contributed by atoms with van der Waals surface area (Å²) in [4.78, 5) is 10.6. The first-order chi connectivity index (χ1) is 11.4. The van der Waals surface area contributed by atoms with Crippen molar-refractivity contribution in [2.45, 2.75) is 17.9 Å². The highest BCUT2D eigenvalue weighted by Crippen LogP contribution is 2.29. The fourth-order valence-corrected chi connectivity index (χ4v) is 3.79. The molecule has 0 bridgehead atoms. The molecule has 1 heterocycles. The van der Waals surface area contributed by atoms with Gasteiger partial charge in [-0.2, -0.15) is 0 Å². The van der Waals surface area contributed by atoms with Crippen LogP contribution in [-0.2, 0) is 14.8 Å². The van der Waals surface area contributed by atoms with Crippen LogP contribution < -0.4 is 4.31 Å². The van der Waals surface area contributed by atoms with Crippen molar-refractivity contribution < 1.29 is 18.1 Å². The van der Waals surface area contributed by atoms with E-state index < -0.39 is 14.9 Å². The molecule has 0 aliphatic carbocycles. The fourth-order valence-electron chi connectivity index (χ4n) is 2.30. The molecule has 1 fully saturated rings. The Kier molecular flexibility index (Phi) is 4.25. The summed E-state index contributed by atoms with van der Waals surface area (Å²) in [6.45, 7) is 2.47. The number of hydrogen-bond donors (Lipinski definition) is 0. The third-order valence-electron chi connectivity index (χ3n) is 3.71. The Morgan fingerprint density at radius 1 is 1.25 bits per heavy atom. The lowest BCUT2D eigenvalue weighted by Gasteiger charge is -2.23. The minimum Gasteiger partial charge on any atom is -0.371 e. The zero-order valence-electron chi connectivity index (χ0n) is 13.0. The van der Waals surface area contributed by atoms with Gasteiger partial charge in [0.15, 0.2) is 0 Å². The van der Waals surface area contributed by atoms with Gasteiger partial charge in [0.2, 0.25) is 0 Å². The van der Waals surface area contributed by atoms with Crippen molar-refractivity contribution in [3.63, 3.8) is 0 Å². The van der Waals surface area contributed by atoms with E-state index >= 15 is 0 Å². The van der Waals surface area contributed by atoms with Crippen molar-refractivity contribution in [3.05, 3.63) is 64.2 Å². The maximum absolute atomic E-state index is 13.0. The Hall–Kier alpha value is -2.45. The zero-order valence-corrected chi connectivity index (χ0v) is 13.8. The average molecular weight is 348 g/mol. The smallest absolute Gasteiger partial charge is 0.271 e. The van der Waals surface area contributed by atoms with Crippen LogP contribution >= 0.6 is 0 Å². The van der Waals surface area contributed by atoms with Gasteiger partial charge in [-0.25, -0.2) is 8.42 Å². The van der Waals surface area contributed by atoms with Gasteiger partial charge in [0.1, 0.15) is 0 Å². The van der Waals surface area contributed by atoms with E-state index in [-0.39, 0.29) is 28.9 Å². The highest BCUT2D eigenvalue weighted by molar-refractivity contribution is 7.92. The van der Waals surface area contributed by atoms with Crippen LogP contribution in [0.1, 0.15) is 5.56 Å². The minimum atomic E-state index is -3.84.